The molecule has 0 saturated carbocycles. The summed E-state index contributed by atoms with van der Waals surface area (Å²) < 4.78 is 5.73. The molecule has 0 aromatic carbocycles. The lowest BCUT2D eigenvalue weighted by atomic mass is 10.1. The van der Waals surface area contributed by atoms with Crippen molar-refractivity contribution in [1.29, 1.82) is 0 Å². The number of morpholine rings is 1. The maximum atomic E-state index is 12.2. The number of nitrogens with zero attached hydrogens (tertiary/aromatic N) is 2. The summed E-state index contributed by atoms with van der Waals surface area (Å²) in [6.07, 6.45) is 0.507. The van der Waals surface area contributed by atoms with Crippen LogP contribution in [-0.4, -0.2) is 54.6 Å². The van der Waals surface area contributed by atoms with Gasteiger partial charge in [-0.2, -0.15) is 11.3 Å². The van der Waals surface area contributed by atoms with E-state index in [4.69, 9.17) is 4.74 Å². The number of hydrogen-bond acceptors (Lipinski definition) is 4. The van der Waals surface area contributed by atoms with Crippen molar-refractivity contribution in [3.8, 4) is 0 Å². The van der Waals surface area contributed by atoms with Crippen molar-refractivity contribution in [3.05, 3.63) is 22.4 Å². The van der Waals surface area contributed by atoms with Gasteiger partial charge >= 0.3 is 0 Å². The predicted molar refractivity (Wildman–Crippen MR) is 81.9 cm³/mol. The van der Waals surface area contributed by atoms with Gasteiger partial charge in [0.2, 0.25) is 5.91 Å². The molecule has 2 heterocycles. The number of carbonyl (C=O) groups is 1. The summed E-state index contributed by atoms with van der Waals surface area (Å²) in [7, 11) is 1.86. The Bertz CT molecular complexity index is 420. The Morgan fingerprint density at radius 2 is 2.40 bits per heavy atom. The molecule has 1 unspecified atom stereocenters. The number of hydrogen-bond donors (Lipinski definition) is 0. The first kappa shape index (κ1) is 15.5. The van der Waals surface area contributed by atoms with Crippen LogP contribution in [0.25, 0.3) is 0 Å². The largest absolute Gasteiger partial charge is 0.375 e. The lowest BCUT2D eigenvalue weighted by Gasteiger charge is -2.35. The van der Waals surface area contributed by atoms with Gasteiger partial charge in [-0.15, -0.1) is 0 Å². The molecule has 0 spiro atoms. The molecule has 1 saturated heterocycles. The molecule has 20 heavy (non-hydrogen) atoms. The van der Waals surface area contributed by atoms with Crippen LogP contribution in [0.2, 0.25) is 0 Å². The molecule has 4 nitrogen and oxygen atoms in total. The van der Waals surface area contributed by atoms with E-state index in [1.807, 2.05) is 12.4 Å². The third kappa shape index (κ3) is 4.30. The summed E-state index contributed by atoms with van der Waals surface area (Å²) in [4.78, 5) is 16.4. The fourth-order valence-electron chi connectivity index (χ4n) is 2.43. The first-order chi connectivity index (χ1) is 9.56. The monoisotopic (exact) mass is 296 g/mol. The molecular formula is C15H24N2O2S. The number of ether oxygens (including phenoxy) is 1. The van der Waals surface area contributed by atoms with Gasteiger partial charge in [-0.25, -0.2) is 0 Å². The molecule has 2 rings (SSSR count). The van der Waals surface area contributed by atoms with Crippen molar-refractivity contribution >= 4 is 17.2 Å². The maximum absolute atomic E-state index is 12.2. The van der Waals surface area contributed by atoms with E-state index in [9.17, 15) is 4.79 Å². The molecule has 1 fully saturated rings. The third-order valence-corrected chi connectivity index (χ3v) is 4.46. The molecule has 1 amide bonds. The van der Waals surface area contributed by atoms with E-state index in [-0.39, 0.29) is 12.0 Å². The van der Waals surface area contributed by atoms with E-state index in [0.717, 1.165) is 19.7 Å². The van der Waals surface area contributed by atoms with Gasteiger partial charge in [-0.05, 0) is 36.2 Å². The molecule has 1 aromatic heterocycles. The second-order valence-corrected chi connectivity index (χ2v) is 6.45. The van der Waals surface area contributed by atoms with Crippen LogP contribution in [0.5, 0.6) is 0 Å². The molecule has 0 radical (unpaired) electrons. The number of thiophene rings is 1. The Morgan fingerprint density at radius 1 is 1.60 bits per heavy atom. The van der Waals surface area contributed by atoms with Gasteiger partial charge < -0.3 is 9.64 Å². The smallest absolute Gasteiger partial charge is 0.225 e. The first-order valence-corrected chi connectivity index (χ1v) is 8.11. The zero-order valence-corrected chi connectivity index (χ0v) is 13.4. The van der Waals surface area contributed by atoms with Gasteiger partial charge in [-0.1, -0.05) is 0 Å². The van der Waals surface area contributed by atoms with E-state index >= 15 is 0 Å². The average molecular weight is 296 g/mol. The number of amides is 1. The molecule has 0 N–H and O–H groups in total. The summed E-state index contributed by atoms with van der Waals surface area (Å²) in [5.74, 6) is 0.159. The van der Waals surface area contributed by atoms with Crippen LogP contribution >= 0.6 is 11.3 Å². The molecular weight excluding hydrogens is 272 g/mol. The van der Waals surface area contributed by atoms with Crippen molar-refractivity contribution in [2.24, 2.45) is 0 Å². The van der Waals surface area contributed by atoms with Crippen LogP contribution in [0.1, 0.15) is 25.8 Å². The van der Waals surface area contributed by atoms with E-state index in [0.29, 0.717) is 19.0 Å². The normalized spacial score (nSPS) is 20.3. The van der Waals surface area contributed by atoms with Crippen molar-refractivity contribution in [2.45, 2.75) is 39.0 Å². The van der Waals surface area contributed by atoms with Gasteiger partial charge in [0.15, 0.2) is 0 Å². The summed E-state index contributed by atoms with van der Waals surface area (Å²) in [6, 6.07) is 2.58. The Kier molecular flexibility index (Phi) is 5.57. The zero-order chi connectivity index (χ0) is 14.5. The van der Waals surface area contributed by atoms with Crippen LogP contribution in [0.3, 0.4) is 0 Å². The fraction of sp³-hybridized carbons (Fsp3) is 0.667. The van der Waals surface area contributed by atoms with Crippen molar-refractivity contribution in [1.82, 2.24) is 9.80 Å². The van der Waals surface area contributed by atoms with E-state index in [2.05, 4.69) is 30.2 Å². The minimum atomic E-state index is 0.0311. The highest BCUT2D eigenvalue weighted by Gasteiger charge is 2.25. The molecule has 1 aromatic rings. The van der Waals surface area contributed by atoms with Crippen LogP contribution in [0.15, 0.2) is 16.8 Å². The average Bonchev–Trinajstić information content (AvgIpc) is 2.91. The van der Waals surface area contributed by atoms with Gasteiger partial charge in [0, 0.05) is 32.7 Å². The zero-order valence-electron chi connectivity index (χ0n) is 12.5. The molecule has 112 valence electrons. The summed E-state index contributed by atoms with van der Waals surface area (Å²) in [5.41, 5.74) is 1.19. The molecule has 1 aliphatic heterocycles. The minimum absolute atomic E-state index is 0.0311. The van der Waals surface area contributed by atoms with Gasteiger partial charge in [0.25, 0.3) is 0 Å². The molecule has 0 aliphatic carbocycles. The fourth-order valence-corrected chi connectivity index (χ4v) is 3.09. The Balaban J connectivity index is 1.81. The van der Waals surface area contributed by atoms with E-state index in [1.54, 1.807) is 16.2 Å². The summed E-state index contributed by atoms with van der Waals surface area (Å²) in [6.45, 7) is 7.61. The van der Waals surface area contributed by atoms with Crippen molar-refractivity contribution < 1.29 is 9.53 Å². The minimum Gasteiger partial charge on any atom is -0.375 e. The molecule has 5 heteroatoms. The Morgan fingerprint density at radius 3 is 3.05 bits per heavy atom. The topological polar surface area (TPSA) is 32.8 Å². The van der Waals surface area contributed by atoms with Crippen molar-refractivity contribution in [2.75, 3.05) is 26.7 Å². The molecule has 1 atom stereocenters. The quantitative estimate of drug-likeness (QED) is 0.835. The summed E-state index contributed by atoms with van der Waals surface area (Å²) >= 11 is 1.66. The lowest BCUT2D eigenvalue weighted by Crippen LogP contribution is -2.47. The highest BCUT2D eigenvalue weighted by molar-refractivity contribution is 7.07. The lowest BCUT2D eigenvalue weighted by molar-refractivity contribution is -0.135. The maximum Gasteiger partial charge on any atom is 0.225 e. The third-order valence-electron chi connectivity index (χ3n) is 3.73. The Labute approximate surface area is 125 Å². The van der Waals surface area contributed by atoms with Crippen LogP contribution in [-0.2, 0) is 16.1 Å². The standard InChI is InChI=1S/C15H24N2O2S/c1-12(2)17-5-6-19-14(10-17)8-15(18)16(3)9-13-4-7-20-11-13/h4,7,11-12,14H,5-6,8-10H2,1-3H3. The highest BCUT2D eigenvalue weighted by Crippen LogP contribution is 2.14. The number of carbonyl (C=O) groups excluding carboxylic acids is 1. The SMILES string of the molecule is CC(C)N1CCOC(CC(=O)N(C)Cc2ccsc2)C1. The van der Waals surface area contributed by atoms with Gasteiger partial charge in [0.1, 0.15) is 0 Å². The number of rotatable bonds is 5. The predicted octanol–water partition coefficient (Wildman–Crippen LogP) is 2.21. The van der Waals surface area contributed by atoms with Gasteiger partial charge in [0.05, 0.1) is 19.1 Å². The van der Waals surface area contributed by atoms with Crippen LogP contribution in [0.4, 0.5) is 0 Å². The summed E-state index contributed by atoms with van der Waals surface area (Å²) in [5, 5.41) is 4.12. The highest BCUT2D eigenvalue weighted by atomic mass is 32.1. The van der Waals surface area contributed by atoms with Crippen LogP contribution in [0, 0.1) is 0 Å². The molecule has 1 aliphatic rings. The molecule has 0 bridgehead atoms. The van der Waals surface area contributed by atoms with E-state index < -0.39 is 0 Å². The van der Waals surface area contributed by atoms with Crippen LogP contribution < -0.4 is 0 Å². The van der Waals surface area contributed by atoms with Crippen molar-refractivity contribution in [3.63, 3.8) is 0 Å². The first-order valence-electron chi connectivity index (χ1n) is 7.17. The second-order valence-electron chi connectivity index (χ2n) is 5.67. The second kappa shape index (κ2) is 7.20. The Hall–Kier alpha value is -0.910. The van der Waals surface area contributed by atoms with E-state index in [1.165, 1.54) is 5.56 Å². The van der Waals surface area contributed by atoms with Gasteiger partial charge in [-0.3, -0.25) is 9.69 Å².